The van der Waals surface area contributed by atoms with Gasteiger partial charge in [0.2, 0.25) is 0 Å². The van der Waals surface area contributed by atoms with Crippen molar-refractivity contribution < 1.29 is 9.21 Å². The molecule has 3 aromatic rings. The van der Waals surface area contributed by atoms with Crippen LogP contribution in [-0.4, -0.2) is 21.1 Å². The van der Waals surface area contributed by atoms with Gasteiger partial charge in [0.15, 0.2) is 11.9 Å². The second kappa shape index (κ2) is 4.10. The van der Waals surface area contributed by atoms with Crippen LogP contribution in [0.15, 0.2) is 35.0 Å². The van der Waals surface area contributed by atoms with Gasteiger partial charge in [-0.1, -0.05) is 0 Å². The zero-order chi connectivity index (χ0) is 12.5. The smallest absolute Gasteiger partial charge is 0.158 e. The highest BCUT2D eigenvalue weighted by Crippen LogP contribution is 2.15. The molecule has 0 spiro atoms. The summed E-state index contributed by atoms with van der Waals surface area (Å²) >= 11 is 0. The van der Waals surface area contributed by atoms with E-state index in [-0.39, 0.29) is 0 Å². The Morgan fingerprint density at radius 2 is 2.28 bits per heavy atom. The molecule has 0 amide bonds. The Morgan fingerprint density at radius 3 is 3.00 bits per heavy atom. The summed E-state index contributed by atoms with van der Waals surface area (Å²) in [4.78, 5) is 14.9. The lowest BCUT2D eigenvalue weighted by molar-refractivity contribution is 0.112. The lowest BCUT2D eigenvalue weighted by atomic mass is 10.2. The number of rotatable bonds is 3. The number of aldehydes is 1. The van der Waals surface area contributed by atoms with Crippen LogP contribution in [0.25, 0.3) is 11.0 Å². The molecule has 0 radical (unpaired) electrons. The van der Waals surface area contributed by atoms with Gasteiger partial charge in [-0.05, 0) is 25.1 Å². The number of aryl methyl sites for hydroxylation is 1. The van der Waals surface area contributed by atoms with E-state index < -0.39 is 0 Å². The number of aromatic nitrogens is 3. The third kappa shape index (κ3) is 1.79. The maximum atomic E-state index is 10.7. The SMILES string of the molecule is Cc1ccc(Cn2ncc3cc(C=O)cnc32)o1. The standard InChI is InChI=1S/C13H11N3O2/c1-9-2-3-12(18-9)7-16-13-11(6-15-16)4-10(8-17)5-14-13/h2-6,8H,7H2,1H3. The van der Waals surface area contributed by atoms with Crippen LogP contribution in [0.2, 0.25) is 0 Å². The summed E-state index contributed by atoms with van der Waals surface area (Å²) in [5.74, 6) is 1.71. The summed E-state index contributed by atoms with van der Waals surface area (Å²) in [7, 11) is 0. The van der Waals surface area contributed by atoms with E-state index in [0.717, 1.165) is 28.8 Å². The number of hydrogen-bond donors (Lipinski definition) is 0. The molecule has 18 heavy (non-hydrogen) atoms. The van der Waals surface area contributed by atoms with E-state index >= 15 is 0 Å². The molecule has 0 saturated carbocycles. The lowest BCUT2D eigenvalue weighted by Crippen LogP contribution is -2.01. The maximum absolute atomic E-state index is 10.7. The molecule has 90 valence electrons. The van der Waals surface area contributed by atoms with E-state index in [0.29, 0.717) is 12.1 Å². The predicted molar refractivity (Wildman–Crippen MR) is 65.5 cm³/mol. The zero-order valence-electron chi connectivity index (χ0n) is 9.83. The van der Waals surface area contributed by atoms with Crippen LogP contribution in [0, 0.1) is 6.92 Å². The summed E-state index contributed by atoms with van der Waals surface area (Å²) in [6, 6.07) is 5.60. The van der Waals surface area contributed by atoms with Gasteiger partial charge in [0.05, 0.1) is 6.20 Å². The molecular weight excluding hydrogens is 230 g/mol. The number of pyridine rings is 1. The Kier molecular flexibility index (Phi) is 2.44. The van der Waals surface area contributed by atoms with Gasteiger partial charge in [-0.2, -0.15) is 5.10 Å². The van der Waals surface area contributed by atoms with E-state index in [9.17, 15) is 4.79 Å². The molecule has 0 bridgehead atoms. The van der Waals surface area contributed by atoms with E-state index in [2.05, 4.69) is 10.1 Å². The molecule has 0 aliphatic carbocycles. The Balaban J connectivity index is 2.00. The highest BCUT2D eigenvalue weighted by Gasteiger charge is 2.07. The summed E-state index contributed by atoms with van der Waals surface area (Å²) in [6.45, 7) is 2.43. The fourth-order valence-corrected chi connectivity index (χ4v) is 1.89. The summed E-state index contributed by atoms with van der Waals surface area (Å²) in [5.41, 5.74) is 1.30. The van der Waals surface area contributed by atoms with Gasteiger partial charge >= 0.3 is 0 Å². The van der Waals surface area contributed by atoms with E-state index in [4.69, 9.17) is 4.42 Å². The average molecular weight is 241 g/mol. The van der Waals surface area contributed by atoms with Gasteiger partial charge in [-0.15, -0.1) is 0 Å². The number of fused-ring (bicyclic) bond motifs is 1. The number of carbonyl (C=O) groups excluding carboxylic acids is 1. The van der Waals surface area contributed by atoms with Crippen molar-refractivity contribution >= 4 is 17.3 Å². The zero-order valence-corrected chi connectivity index (χ0v) is 9.83. The van der Waals surface area contributed by atoms with Gasteiger partial charge < -0.3 is 4.42 Å². The number of furan rings is 1. The Morgan fingerprint density at radius 1 is 1.39 bits per heavy atom. The van der Waals surface area contributed by atoms with E-state index in [1.165, 1.54) is 0 Å². The van der Waals surface area contributed by atoms with Crippen LogP contribution in [-0.2, 0) is 6.54 Å². The molecule has 0 fully saturated rings. The molecule has 0 N–H and O–H groups in total. The molecule has 0 unspecified atom stereocenters. The first-order valence-electron chi connectivity index (χ1n) is 5.58. The molecule has 3 rings (SSSR count). The van der Waals surface area contributed by atoms with E-state index in [1.54, 1.807) is 23.1 Å². The number of carbonyl (C=O) groups is 1. The number of hydrogen-bond acceptors (Lipinski definition) is 4. The van der Waals surface area contributed by atoms with Crippen LogP contribution >= 0.6 is 0 Å². The third-order valence-electron chi connectivity index (χ3n) is 2.73. The Labute approximate surface area is 103 Å². The average Bonchev–Trinajstić information content (AvgIpc) is 2.96. The van der Waals surface area contributed by atoms with Crippen molar-refractivity contribution in [3.8, 4) is 0 Å². The molecule has 5 heteroatoms. The van der Waals surface area contributed by atoms with Crippen LogP contribution in [0.4, 0.5) is 0 Å². The van der Waals surface area contributed by atoms with Crippen molar-refractivity contribution in [2.24, 2.45) is 0 Å². The predicted octanol–water partition coefficient (Wildman–Crippen LogP) is 2.19. The largest absolute Gasteiger partial charge is 0.464 e. The Bertz CT molecular complexity index is 712. The quantitative estimate of drug-likeness (QED) is 0.659. The van der Waals surface area contributed by atoms with Gasteiger partial charge in [-0.25, -0.2) is 9.67 Å². The fourth-order valence-electron chi connectivity index (χ4n) is 1.89. The molecule has 5 nitrogen and oxygen atoms in total. The van der Waals surface area contributed by atoms with Crippen molar-refractivity contribution in [2.75, 3.05) is 0 Å². The van der Waals surface area contributed by atoms with Gasteiger partial charge in [-0.3, -0.25) is 4.79 Å². The van der Waals surface area contributed by atoms with Crippen molar-refractivity contribution in [3.05, 3.63) is 47.7 Å². The minimum atomic E-state index is 0.533. The molecule has 0 aliphatic rings. The highest BCUT2D eigenvalue weighted by molar-refractivity contribution is 5.83. The first-order valence-corrected chi connectivity index (χ1v) is 5.58. The van der Waals surface area contributed by atoms with Gasteiger partial charge in [0.25, 0.3) is 0 Å². The van der Waals surface area contributed by atoms with Gasteiger partial charge in [0.1, 0.15) is 18.1 Å². The van der Waals surface area contributed by atoms with Crippen LogP contribution in [0.5, 0.6) is 0 Å². The summed E-state index contributed by atoms with van der Waals surface area (Å²) in [6.07, 6.45) is 4.02. The third-order valence-corrected chi connectivity index (χ3v) is 2.73. The second-order valence-electron chi connectivity index (χ2n) is 4.11. The second-order valence-corrected chi connectivity index (χ2v) is 4.11. The molecule has 0 atom stereocenters. The summed E-state index contributed by atoms with van der Waals surface area (Å²) < 4.78 is 7.26. The van der Waals surface area contributed by atoms with Gasteiger partial charge in [0, 0.05) is 17.1 Å². The van der Waals surface area contributed by atoms with Crippen molar-refractivity contribution in [2.45, 2.75) is 13.5 Å². The molecule has 3 aromatic heterocycles. The normalized spacial score (nSPS) is 10.9. The van der Waals surface area contributed by atoms with Crippen molar-refractivity contribution in [1.82, 2.24) is 14.8 Å². The monoisotopic (exact) mass is 241 g/mol. The molecular formula is C13H11N3O2. The topological polar surface area (TPSA) is 60.9 Å². The molecule has 0 aromatic carbocycles. The van der Waals surface area contributed by atoms with Crippen LogP contribution < -0.4 is 0 Å². The maximum Gasteiger partial charge on any atom is 0.158 e. The van der Waals surface area contributed by atoms with Crippen molar-refractivity contribution in [1.29, 1.82) is 0 Å². The molecule has 3 heterocycles. The Hall–Kier alpha value is -2.43. The van der Waals surface area contributed by atoms with Crippen LogP contribution in [0.1, 0.15) is 21.9 Å². The molecule has 0 aliphatic heterocycles. The molecule has 0 saturated heterocycles. The first-order chi connectivity index (χ1) is 8.76. The summed E-state index contributed by atoms with van der Waals surface area (Å²) in [5, 5.41) is 5.10. The van der Waals surface area contributed by atoms with Crippen LogP contribution in [0.3, 0.4) is 0 Å². The van der Waals surface area contributed by atoms with E-state index in [1.807, 2.05) is 19.1 Å². The van der Waals surface area contributed by atoms with Crippen molar-refractivity contribution in [3.63, 3.8) is 0 Å². The lowest BCUT2D eigenvalue weighted by Gasteiger charge is -2.00. The highest BCUT2D eigenvalue weighted by atomic mass is 16.3. The minimum Gasteiger partial charge on any atom is -0.464 e. The minimum absolute atomic E-state index is 0.533. The number of nitrogens with zero attached hydrogens (tertiary/aromatic N) is 3. The first kappa shape index (κ1) is 10.7. The fraction of sp³-hybridized carbons (Fsp3) is 0.154.